The molecule has 2 aromatic carbocycles. The Bertz CT molecular complexity index is 784. The lowest BCUT2D eigenvalue weighted by Gasteiger charge is -2.08. The maximum atomic E-state index is 11.1. The molecule has 0 aliphatic heterocycles. The van der Waals surface area contributed by atoms with Crippen LogP contribution in [-0.2, 0) is 5.75 Å². The number of benzene rings is 2. The second kappa shape index (κ2) is 6.77. The number of aromatic carboxylic acids is 1. The van der Waals surface area contributed by atoms with Crippen molar-refractivity contribution in [3.63, 3.8) is 0 Å². The summed E-state index contributed by atoms with van der Waals surface area (Å²) >= 11 is 3.06. The molecule has 0 aliphatic rings. The van der Waals surface area contributed by atoms with Gasteiger partial charge in [0, 0.05) is 27.2 Å². The van der Waals surface area contributed by atoms with Gasteiger partial charge < -0.3 is 9.90 Å². The van der Waals surface area contributed by atoms with Crippen LogP contribution in [0.1, 0.15) is 16.1 Å². The summed E-state index contributed by atoms with van der Waals surface area (Å²) in [6.07, 6.45) is 0. The van der Waals surface area contributed by atoms with Gasteiger partial charge in [-0.2, -0.15) is 0 Å². The largest absolute Gasteiger partial charge is 0.545 e. The van der Waals surface area contributed by atoms with E-state index in [-0.39, 0.29) is 5.56 Å². The monoisotopic (exact) mass is 326 g/mol. The molecule has 0 radical (unpaired) electrons. The molecule has 0 amide bonds. The Labute approximate surface area is 136 Å². The highest BCUT2D eigenvalue weighted by Gasteiger charge is 2.07. The third-order valence-corrected chi connectivity index (χ3v) is 5.10. The molecule has 0 atom stereocenters. The summed E-state index contributed by atoms with van der Waals surface area (Å²) in [5.41, 5.74) is 2.27. The van der Waals surface area contributed by atoms with Crippen LogP contribution in [0, 0.1) is 0 Å². The molecule has 0 spiro atoms. The van der Waals surface area contributed by atoms with E-state index in [1.54, 1.807) is 29.5 Å². The van der Waals surface area contributed by atoms with Crippen LogP contribution >= 0.6 is 23.1 Å². The predicted molar refractivity (Wildman–Crippen MR) is 87.9 cm³/mol. The maximum absolute atomic E-state index is 11.1. The fourth-order valence-corrected chi connectivity index (χ4v) is 3.86. The Morgan fingerprint density at radius 2 is 1.82 bits per heavy atom. The van der Waals surface area contributed by atoms with Crippen LogP contribution in [0.4, 0.5) is 0 Å². The minimum atomic E-state index is -1.15. The normalized spacial score (nSPS) is 10.5. The van der Waals surface area contributed by atoms with Gasteiger partial charge in [-0.05, 0) is 6.07 Å². The van der Waals surface area contributed by atoms with Crippen molar-refractivity contribution in [2.45, 2.75) is 10.6 Å². The molecule has 1 aromatic heterocycles. The van der Waals surface area contributed by atoms with Gasteiger partial charge in [0.05, 0.1) is 11.7 Å². The minimum Gasteiger partial charge on any atom is -0.545 e. The lowest BCUT2D eigenvalue weighted by atomic mass is 10.2. The lowest BCUT2D eigenvalue weighted by Crippen LogP contribution is -2.22. The number of rotatable bonds is 5. The SMILES string of the molecule is O=C([O-])c1ccccc1SCc1csc(-c2ccccc2)n1. The van der Waals surface area contributed by atoms with E-state index >= 15 is 0 Å². The van der Waals surface area contributed by atoms with E-state index in [9.17, 15) is 9.90 Å². The molecule has 0 fully saturated rings. The number of hydrogen-bond donors (Lipinski definition) is 0. The predicted octanol–water partition coefficient (Wildman–Crippen LogP) is 3.47. The summed E-state index contributed by atoms with van der Waals surface area (Å²) in [5, 5.41) is 14.1. The first kappa shape index (κ1) is 14.8. The molecule has 3 nitrogen and oxygen atoms in total. The molecule has 110 valence electrons. The van der Waals surface area contributed by atoms with Crippen LogP contribution in [0.5, 0.6) is 0 Å². The summed E-state index contributed by atoms with van der Waals surface area (Å²) in [6.45, 7) is 0. The van der Waals surface area contributed by atoms with E-state index in [0.717, 1.165) is 16.3 Å². The van der Waals surface area contributed by atoms with E-state index in [1.807, 2.05) is 41.8 Å². The number of hydrogen-bond acceptors (Lipinski definition) is 5. The molecule has 3 aromatic rings. The summed E-state index contributed by atoms with van der Waals surface area (Å²) in [5.74, 6) is -0.514. The highest BCUT2D eigenvalue weighted by Crippen LogP contribution is 2.29. The van der Waals surface area contributed by atoms with Gasteiger partial charge in [0.1, 0.15) is 5.01 Å². The second-order valence-electron chi connectivity index (χ2n) is 4.58. The first-order valence-corrected chi connectivity index (χ1v) is 8.53. The van der Waals surface area contributed by atoms with Gasteiger partial charge in [-0.1, -0.05) is 48.5 Å². The number of carboxylic acid groups (broad SMARTS) is 1. The molecule has 0 bridgehead atoms. The summed E-state index contributed by atoms with van der Waals surface area (Å²) in [4.78, 5) is 16.4. The highest BCUT2D eigenvalue weighted by molar-refractivity contribution is 7.98. The molecule has 0 unspecified atom stereocenters. The molecule has 0 saturated heterocycles. The smallest absolute Gasteiger partial charge is 0.123 e. The van der Waals surface area contributed by atoms with Crippen LogP contribution in [0.3, 0.4) is 0 Å². The summed E-state index contributed by atoms with van der Waals surface area (Å²) in [6, 6.07) is 16.9. The Kier molecular flexibility index (Phi) is 4.56. The Morgan fingerprint density at radius 1 is 1.09 bits per heavy atom. The van der Waals surface area contributed by atoms with Gasteiger partial charge in [0.2, 0.25) is 0 Å². The Hall–Kier alpha value is -2.11. The third-order valence-electron chi connectivity index (χ3n) is 3.06. The van der Waals surface area contributed by atoms with Crippen LogP contribution in [-0.4, -0.2) is 11.0 Å². The first-order chi connectivity index (χ1) is 10.7. The van der Waals surface area contributed by atoms with Crippen molar-refractivity contribution in [3.05, 3.63) is 71.2 Å². The number of carbonyl (C=O) groups is 1. The molecule has 5 heteroatoms. The highest BCUT2D eigenvalue weighted by atomic mass is 32.2. The van der Waals surface area contributed by atoms with Crippen molar-refractivity contribution in [2.24, 2.45) is 0 Å². The Morgan fingerprint density at radius 3 is 2.59 bits per heavy atom. The zero-order valence-corrected chi connectivity index (χ0v) is 13.2. The van der Waals surface area contributed by atoms with Gasteiger partial charge in [-0.15, -0.1) is 23.1 Å². The number of carboxylic acids is 1. The molecule has 0 N–H and O–H groups in total. The molecule has 0 saturated carbocycles. The summed E-state index contributed by atoms with van der Waals surface area (Å²) < 4.78 is 0. The standard InChI is InChI=1S/C17H13NO2S2/c19-17(20)14-8-4-5-9-15(14)21-10-13-11-22-16(18-13)12-6-2-1-3-7-12/h1-9,11H,10H2,(H,19,20)/p-1. The van der Waals surface area contributed by atoms with Crippen molar-refractivity contribution in [3.8, 4) is 10.6 Å². The fourth-order valence-electron chi connectivity index (χ4n) is 2.00. The van der Waals surface area contributed by atoms with Crippen molar-refractivity contribution in [2.75, 3.05) is 0 Å². The number of thiazole rings is 1. The molecular weight excluding hydrogens is 314 g/mol. The van der Waals surface area contributed by atoms with Crippen LogP contribution in [0.25, 0.3) is 10.6 Å². The average Bonchev–Trinajstić information content (AvgIpc) is 3.03. The first-order valence-electron chi connectivity index (χ1n) is 6.67. The van der Waals surface area contributed by atoms with E-state index in [2.05, 4.69) is 4.98 Å². The minimum absolute atomic E-state index is 0.228. The van der Waals surface area contributed by atoms with Crippen LogP contribution < -0.4 is 5.11 Å². The fraction of sp³-hybridized carbons (Fsp3) is 0.0588. The van der Waals surface area contributed by atoms with Gasteiger partial charge in [-0.3, -0.25) is 0 Å². The van der Waals surface area contributed by atoms with E-state index < -0.39 is 5.97 Å². The van der Waals surface area contributed by atoms with Gasteiger partial charge in [-0.25, -0.2) is 4.98 Å². The van der Waals surface area contributed by atoms with Crippen molar-refractivity contribution in [1.29, 1.82) is 0 Å². The van der Waals surface area contributed by atoms with Crippen molar-refractivity contribution >= 4 is 29.1 Å². The molecule has 3 rings (SSSR count). The quantitative estimate of drug-likeness (QED) is 0.674. The Balaban J connectivity index is 1.73. The number of aromatic nitrogens is 1. The molecular formula is C17H12NO2S2-. The third kappa shape index (κ3) is 3.37. The van der Waals surface area contributed by atoms with E-state index in [0.29, 0.717) is 10.6 Å². The van der Waals surface area contributed by atoms with Crippen LogP contribution in [0.15, 0.2) is 64.9 Å². The van der Waals surface area contributed by atoms with E-state index in [4.69, 9.17) is 0 Å². The van der Waals surface area contributed by atoms with Gasteiger partial charge in [0.15, 0.2) is 0 Å². The number of nitrogens with zero attached hydrogens (tertiary/aromatic N) is 1. The molecule has 0 aliphatic carbocycles. The number of thioether (sulfide) groups is 1. The average molecular weight is 326 g/mol. The number of carbonyl (C=O) groups excluding carboxylic acids is 1. The van der Waals surface area contributed by atoms with Crippen LogP contribution in [0.2, 0.25) is 0 Å². The van der Waals surface area contributed by atoms with Gasteiger partial charge >= 0.3 is 0 Å². The maximum Gasteiger partial charge on any atom is 0.123 e. The summed E-state index contributed by atoms with van der Waals surface area (Å²) in [7, 11) is 0. The zero-order valence-electron chi connectivity index (χ0n) is 11.6. The molecule has 22 heavy (non-hydrogen) atoms. The second-order valence-corrected chi connectivity index (χ2v) is 6.46. The van der Waals surface area contributed by atoms with Gasteiger partial charge in [0.25, 0.3) is 0 Å². The topological polar surface area (TPSA) is 53.0 Å². The van der Waals surface area contributed by atoms with Crippen molar-refractivity contribution in [1.82, 2.24) is 4.98 Å². The van der Waals surface area contributed by atoms with E-state index in [1.165, 1.54) is 11.8 Å². The zero-order chi connectivity index (χ0) is 15.4. The lowest BCUT2D eigenvalue weighted by molar-refractivity contribution is -0.255. The molecule has 1 heterocycles. The van der Waals surface area contributed by atoms with Crippen molar-refractivity contribution < 1.29 is 9.90 Å².